The van der Waals surface area contributed by atoms with Gasteiger partial charge in [-0.1, -0.05) is 34.1 Å². The van der Waals surface area contributed by atoms with Crippen molar-refractivity contribution in [3.8, 4) is 5.69 Å². The highest BCUT2D eigenvalue weighted by Crippen LogP contribution is 2.24. The van der Waals surface area contributed by atoms with Crippen LogP contribution in [0.15, 0.2) is 59.2 Å². The van der Waals surface area contributed by atoms with Gasteiger partial charge in [-0.3, -0.25) is 0 Å². The largest absolute Gasteiger partial charge is 0.314 e. The fourth-order valence-electron chi connectivity index (χ4n) is 1.97. The van der Waals surface area contributed by atoms with Gasteiger partial charge in [0.15, 0.2) is 0 Å². The Kier molecular flexibility index (Phi) is 2.48. The molecule has 0 aliphatic carbocycles. The minimum Gasteiger partial charge on any atom is -0.314 e. The molecule has 84 valence electrons. The van der Waals surface area contributed by atoms with Gasteiger partial charge in [0.25, 0.3) is 0 Å². The van der Waals surface area contributed by atoms with Crippen molar-refractivity contribution < 1.29 is 4.39 Å². The molecule has 0 saturated heterocycles. The highest BCUT2D eigenvalue weighted by molar-refractivity contribution is 9.10. The predicted octanol–water partition coefficient (Wildman–Crippen LogP) is 4.53. The number of benzene rings is 2. The maximum atomic E-state index is 13.9. The lowest BCUT2D eigenvalue weighted by molar-refractivity contribution is 0.619. The number of hydrogen-bond acceptors (Lipinski definition) is 0. The van der Waals surface area contributed by atoms with Crippen LogP contribution in [0.25, 0.3) is 16.6 Å². The molecule has 17 heavy (non-hydrogen) atoms. The van der Waals surface area contributed by atoms with Gasteiger partial charge in [0.2, 0.25) is 0 Å². The first-order chi connectivity index (χ1) is 8.25. The average Bonchev–Trinajstić information content (AvgIpc) is 2.73. The number of nitrogens with zero attached hydrogens (tertiary/aromatic N) is 1. The first-order valence-electron chi connectivity index (χ1n) is 5.27. The highest BCUT2D eigenvalue weighted by Gasteiger charge is 2.07. The van der Waals surface area contributed by atoms with E-state index in [9.17, 15) is 4.39 Å². The smallest absolute Gasteiger partial charge is 0.148 e. The molecule has 0 aliphatic heterocycles. The predicted molar refractivity (Wildman–Crippen MR) is 70.9 cm³/mol. The molecule has 0 radical (unpaired) electrons. The Balaban J connectivity index is 2.27. The monoisotopic (exact) mass is 289 g/mol. The Morgan fingerprint density at radius 2 is 1.82 bits per heavy atom. The summed E-state index contributed by atoms with van der Waals surface area (Å²) in [6, 6.07) is 15.0. The lowest BCUT2D eigenvalue weighted by Crippen LogP contribution is -1.95. The maximum Gasteiger partial charge on any atom is 0.148 e. The van der Waals surface area contributed by atoms with Crippen molar-refractivity contribution in [1.29, 1.82) is 0 Å². The van der Waals surface area contributed by atoms with E-state index in [1.54, 1.807) is 6.07 Å². The zero-order valence-electron chi connectivity index (χ0n) is 8.90. The highest BCUT2D eigenvalue weighted by atomic mass is 79.9. The van der Waals surface area contributed by atoms with Gasteiger partial charge in [0, 0.05) is 10.7 Å². The third-order valence-corrected chi connectivity index (χ3v) is 3.26. The fourth-order valence-corrected chi connectivity index (χ4v) is 2.30. The van der Waals surface area contributed by atoms with Gasteiger partial charge in [-0.15, -0.1) is 0 Å². The molecule has 2 aromatic carbocycles. The zero-order valence-corrected chi connectivity index (χ0v) is 10.5. The van der Waals surface area contributed by atoms with Crippen LogP contribution in [0.5, 0.6) is 0 Å². The molecule has 1 nitrogen and oxygen atoms in total. The van der Waals surface area contributed by atoms with E-state index < -0.39 is 0 Å². The quantitative estimate of drug-likeness (QED) is 0.620. The third kappa shape index (κ3) is 1.76. The molecule has 0 saturated carbocycles. The fraction of sp³-hybridized carbons (Fsp3) is 0. The Hall–Kier alpha value is -1.61. The minimum atomic E-state index is -0.235. The number of fused-ring (bicyclic) bond motifs is 1. The van der Waals surface area contributed by atoms with Crippen LogP contribution in [-0.4, -0.2) is 4.57 Å². The molecule has 3 aromatic rings. The van der Waals surface area contributed by atoms with Gasteiger partial charge in [-0.25, -0.2) is 4.39 Å². The van der Waals surface area contributed by atoms with E-state index >= 15 is 0 Å². The van der Waals surface area contributed by atoms with Crippen molar-refractivity contribution in [2.75, 3.05) is 0 Å². The van der Waals surface area contributed by atoms with Crippen LogP contribution in [0, 0.1) is 5.82 Å². The summed E-state index contributed by atoms with van der Waals surface area (Å²) in [7, 11) is 0. The van der Waals surface area contributed by atoms with Gasteiger partial charge in [0.05, 0.1) is 11.2 Å². The van der Waals surface area contributed by atoms with Gasteiger partial charge in [-0.05, 0) is 35.7 Å². The number of halogens is 2. The SMILES string of the molecule is Fc1cc(Br)ccc1-n1ccc2ccccc21. The number of hydrogen-bond donors (Lipinski definition) is 0. The van der Waals surface area contributed by atoms with Crippen LogP contribution in [0.3, 0.4) is 0 Å². The first-order valence-corrected chi connectivity index (χ1v) is 6.06. The number of rotatable bonds is 1. The molecule has 1 aromatic heterocycles. The second-order valence-electron chi connectivity index (χ2n) is 3.84. The zero-order chi connectivity index (χ0) is 11.8. The number of aromatic nitrogens is 1. The van der Waals surface area contributed by atoms with Crippen molar-refractivity contribution in [1.82, 2.24) is 4.57 Å². The molecule has 0 spiro atoms. The van der Waals surface area contributed by atoms with E-state index in [1.165, 1.54) is 6.07 Å². The molecule has 0 amide bonds. The summed E-state index contributed by atoms with van der Waals surface area (Å²) >= 11 is 3.26. The van der Waals surface area contributed by atoms with E-state index in [1.807, 2.05) is 47.2 Å². The average molecular weight is 290 g/mol. The van der Waals surface area contributed by atoms with Crippen molar-refractivity contribution >= 4 is 26.8 Å². The summed E-state index contributed by atoms with van der Waals surface area (Å²) in [6.45, 7) is 0. The van der Waals surface area contributed by atoms with Gasteiger partial charge in [-0.2, -0.15) is 0 Å². The Labute approximate surface area is 107 Å². The molecule has 0 atom stereocenters. The van der Waals surface area contributed by atoms with Gasteiger partial charge in [0.1, 0.15) is 5.82 Å². The summed E-state index contributed by atoms with van der Waals surface area (Å²) in [5, 5.41) is 1.11. The van der Waals surface area contributed by atoms with E-state index in [-0.39, 0.29) is 5.82 Å². The van der Waals surface area contributed by atoms with Crippen LogP contribution >= 0.6 is 15.9 Å². The summed E-state index contributed by atoms with van der Waals surface area (Å²) < 4.78 is 16.5. The molecule has 0 N–H and O–H groups in total. The van der Waals surface area contributed by atoms with E-state index in [2.05, 4.69) is 15.9 Å². The maximum absolute atomic E-state index is 13.9. The molecule has 0 unspecified atom stereocenters. The molecule has 3 rings (SSSR count). The van der Waals surface area contributed by atoms with Crippen LogP contribution < -0.4 is 0 Å². The Bertz CT molecular complexity index is 688. The topological polar surface area (TPSA) is 4.93 Å². The van der Waals surface area contributed by atoms with Crippen molar-refractivity contribution in [2.24, 2.45) is 0 Å². The second kappa shape index (κ2) is 4.00. The molecule has 0 bridgehead atoms. The summed E-state index contributed by atoms with van der Waals surface area (Å²) in [5.41, 5.74) is 1.57. The third-order valence-electron chi connectivity index (χ3n) is 2.77. The first kappa shape index (κ1) is 10.5. The molecule has 0 fully saturated rings. The van der Waals surface area contributed by atoms with Crippen molar-refractivity contribution in [3.63, 3.8) is 0 Å². The second-order valence-corrected chi connectivity index (χ2v) is 4.76. The lowest BCUT2D eigenvalue weighted by atomic mass is 10.2. The van der Waals surface area contributed by atoms with E-state index in [0.29, 0.717) is 5.69 Å². The standard InChI is InChI=1S/C14H9BrFN/c15-11-5-6-14(12(16)9-11)17-8-7-10-3-1-2-4-13(10)17/h1-9H. The van der Waals surface area contributed by atoms with E-state index in [4.69, 9.17) is 0 Å². The molecule has 1 heterocycles. The lowest BCUT2D eigenvalue weighted by Gasteiger charge is -2.07. The van der Waals surface area contributed by atoms with E-state index in [0.717, 1.165) is 15.4 Å². The van der Waals surface area contributed by atoms with Crippen LogP contribution in [0.4, 0.5) is 4.39 Å². The number of para-hydroxylation sites is 1. The minimum absolute atomic E-state index is 0.235. The summed E-state index contributed by atoms with van der Waals surface area (Å²) in [5.74, 6) is -0.235. The van der Waals surface area contributed by atoms with Crippen LogP contribution in [0.1, 0.15) is 0 Å². The van der Waals surface area contributed by atoms with Crippen molar-refractivity contribution in [2.45, 2.75) is 0 Å². The summed E-state index contributed by atoms with van der Waals surface area (Å²) in [6.07, 6.45) is 1.89. The Morgan fingerprint density at radius 1 is 1.00 bits per heavy atom. The molecule has 3 heteroatoms. The van der Waals surface area contributed by atoms with Gasteiger partial charge >= 0.3 is 0 Å². The summed E-state index contributed by atoms with van der Waals surface area (Å²) in [4.78, 5) is 0. The molecule has 0 aliphatic rings. The molecular formula is C14H9BrFN. The Morgan fingerprint density at radius 3 is 2.65 bits per heavy atom. The normalized spacial score (nSPS) is 10.9. The van der Waals surface area contributed by atoms with Gasteiger partial charge < -0.3 is 4.57 Å². The van der Waals surface area contributed by atoms with Crippen molar-refractivity contribution in [3.05, 3.63) is 65.0 Å². The van der Waals surface area contributed by atoms with Crippen LogP contribution in [-0.2, 0) is 0 Å². The van der Waals surface area contributed by atoms with Crippen LogP contribution in [0.2, 0.25) is 0 Å². The molecular weight excluding hydrogens is 281 g/mol.